The minimum Gasteiger partial charge on any atom is -0.496 e. The smallest absolute Gasteiger partial charge is 0.496 e. The van der Waals surface area contributed by atoms with E-state index >= 15 is 0 Å². The Morgan fingerprint density at radius 1 is 1.05 bits per heavy atom. The Bertz CT molecular complexity index is 620. The van der Waals surface area contributed by atoms with Crippen molar-refractivity contribution in [3.63, 3.8) is 0 Å². The number of halogens is 3. The monoisotopic (exact) mass is 279 g/mol. The second-order valence-electron chi connectivity index (χ2n) is 5.38. The number of hydrogen-bond donors (Lipinski definition) is 0. The van der Waals surface area contributed by atoms with E-state index in [-0.39, 0.29) is 11.1 Å². The highest BCUT2D eigenvalue weighted by Crippen LogP contribution is 2.29. The molecule has 0 unspecified atom stereocenters. The summed E-state index contributed by atoms with van der Waals surface area (Å²) in [5, 5.41) is 0.823. The summed E-state index contributed by atoms with van der Waals surface area (Å²) in [6.45, 7) is -4.71. The molecular weight excluding hydrogens is 264 g/mol. The van der Waals surface area contributed by atoms with Gasteiger partial charge in [0.1, 0.15) is 0 Å². The van der Waals surface area contributed by atoms with Gasteiger partial charge in [0.15, 0.2) is 0 Å². The van der Waals surface area contributed by atoms with Crippen molar-refractivity contribution >= 4 is 23.2 Å². The zero-order valence-electron chi connectivity index (χ0n) is 11.0. The standard InChI is InChI=1S/C15H15BF3O/c17-16(18,19)15-13-7-2-1-6-12(13)8-9-14(15)20-10-11-4-3-5-11/h1-2,6-9,11H,3-5,10H2/q-1. The Morgan fingerprint density at radius 2 is 1.80 bits per heavy atom. The van der Waals surface area contributed by atoms with Gasteiger partial charge in [0.2, 0.25) is 0 Å². The Labute approximate surface area is 115 Å². The molecule has 0 aromatic heterocycles. The number of fused-ring (bicyclic) bond motifs is 1. The van der Waals surface area contributed by atoms with Gasteiger partial charge in [-0.2, -0.15) is 0 Å². The van der Waals surface area contributed by atoms with Gasteiger partial charge in [0.25, 0.3) is 0 Å². The first kappa shape index (κ1) is 13.3. The maximum Gasteiger partial charge on any atom is 0.513 e. The van der Waals surface area contributed by atoms with Crippen molar-refractivity contribution in [1.82, 2.24) is 0 Å². The summed E-state index contributed by atoms with van der Waals surface area (Å²) in [7, 11) is 0. The van der Waals surface area contributed by atoms with Gasteiger partial charge in [-0.15, -0.1) is 0 Å². The van der Waals surface area contributed by atoms with E-state index < -0.39 is 12.4 Å². The van der Waals surface area contributed by atoms with Gasteiger partial charge < -0.3 is 17.7 Å². The van der Waals surface area contributed by atoms with E-state index in [1.54, 1.807) is 24.3 Å². The highest BCUT2D eigenvalue weighted by molar-refractivity contribution is 6.76. The number of hydrogen-bond acceptors (Lipinski definition) is 1. The molecule has 0 spiro atoms. The molecule has 20 heavy (non-hydrogen) atoms. The van der Waals surface area contributed by atoms with Gasteiger partial charge in [-0.25, -0.2) is 0 Å². The largest absolute Gasteiger partial charge is 0.513 e. The SMILES string of the molecule is F[B-](F)(F)c1c(OCC2CCC2)ccc2ccccc12. The molecule has 0 amide bonds. The van der Waals surface area contributed by atoms with Crippen molar-refractivity contribution in [2.45, 2.75) is 19.3 Å². The Morgan fingerprint density at radius 3 is 2.45 bits per heavy atom. The first-order valence-electron chi connectivity index (χ1n) is 6.90. The van der Waals surface area contributed by atoms with Gasteiger partial charge in [-0.1, -0.05) is 42.2 Å². The Kier molecular flexibility index (Phi) is 3.36. The lowest BCUT2D eigenvalue weighted by Gasteiger charge is -2.28. The zero-order valence-corrected chi connectivity index (χ0v) is 11.0. The van der Waals surface area contributed by atoms with Gasteiger partial charge in [0.05, 0.1) is 12.4 Å². The van der Waals surface area contributed by atoms with Crippen LogP contribution in [0.5, 0.6) is 5.75 Å². The van der Waals surface area contributed by atoms with Crippen LogP contribution >= 0.6 is 0 Å². The van der Waals surface area contributed by atoms with Crippen molar-refractivity contribution in [1.29, 1.82) is 0 Å². The molecule has 1 saturated carbocycles. The summed E-state index contributed by atoms with van der Waals surface area (Å²) in [4.78, 5) is 0. The molecule has 2 aromatic rings. The van der Waals surface area contributed by atoms with Crippen LogP contribution < -0.4 is 10.2 Å². The molecule has 0 radical (unpaired) electrons. The minimum atomic E-state index is -5.09. The quantitative estimate of drug-likeness (QED) is 0.766. The molecule has 5 heteroatoms. The van der Waals surface area contributed by atoms with E-state index in [1.165, 1.54) is 12.1 Å². The second-order valence-corrected chi connectivity index (χ2v) is 5.38. The van der Waals surface area contributed by atoms with Crippen LogP contribution in [0, 0.1) is 5.92 Å². The molecular formula is C15H15BF3O-. The lowest BCUT2D eigenvalue weighted by Crippen LogP contribution is -2.36. The summed E-state index contributed by atoms with van der Waals surface area (Å²) in [5.41, 5.74) is -0.595. The van der Waals surface area contributed by atoms with Crippen LogP contribution in [0.1, 0.15) is 19.3 Å². The lowest BCUT2D eigenvalue weighted by molar-refractivity contribution is 0.181. The minimum absolute atomic E-state index is 0.0249. The topological polar surface area (TPSA) is 9.23 Å². The highest BCUT2D eigenvalue weighted by atomic mass is 19.4. The molecule has 106 valence electrons. The molecule has 1 nitrogen and oxygen atoms in total. The van der Waals surface area contributed by atoms with E-state index in [2.05, 4.69) is 0 Å². The van der Waals surface area contributed by atoms with Crippen molar-refractivity contribution in [2.75, 3.05) is 6.61 Å². The molecule has 0 saturated heterocycles. The molecule has 2 aromatic carbocycles. The van der Waals surface area contributed by atoms with E-state index in [9.17, 15) is 12.9 Å². The van der Waals surface area contributed by atoms with Crippen molar-refractivity contribution in [3.05, 3.63) is 36.4 Å². The molecule has 0 aliphatic heterocycles. The van der Waals surface area contributed by atoms with Crippen LogP contribution in [0.2, 0.25) is 0 Å². The van der Waals surface area contributed by atoms with E-state index in [0.717, 1.165) is 19.3 Å². The van der Waals surface area contributed by atoms with E-state index in [0.29, 0.717) is 17.9 Å². The Hall–Kier alpha value is -1.65. The number of benzene rings is 2. The molecule has 0 bridgehead atoms. The van der Waals surface area contributed by atoms with Gasteiger partial charge in [-0.3, -0.25) is 0 Å². The number of ether oxygens (including phenoxy) is 1. The Balaban J connectivity index is 2.01. The van der Waals surface area contributed by atoms with Crippen LogP contribution in [0.3, 0.4) is 0 Å². The maximum absolute atomic E-state index is 13.4. The third kappa shape index (κ3) is 2.49. The van der Waals surface area contributed by atoms with Gasteiger partial charge >= 0.3 is 6.98 Å². The van der Waals surface area contributed by atoms with Gasteiger partial charge in [0, 0.05) is 0 Å². The molecule has 3 rings (SSSR count). The lowest BCUT2D eigenvalue weighted by atomic mass is 9.76. The third-order valence-electron chi connectivity index (χ3n) is 3.96. The maximum atomic E-state index is 13.4. The average Bonchev–Trinajstić information content (AvgIpc) is 2.35. The fourth-order valence-corrected chi connectivity index (χ4v) is 2.61. The summed E-state index contributed by atoms with van der Waals surface area (Å²) < 4.78 is 45.6. The predicted octanol–water partition coefficient (Wildman–Crippen LogP) is 4.07. The normalized spacial score (nSPS) is 16.1. The summed E-state index contributed by atoms with van der Waals surface area (Å²) in [5.74, 6) is 0.387. The number of rotatable bonds is 4. The zero-order chi connectivity index (χ0) is 14.2. The van der Waals surface area contributed by atoms with Gasteiger partial charge in [-0.05, 0) is 35.6 Å². The fourth-order valence-electron chi connectivity index (χ4n) is 2.61. The van der Waals surface area contributed by atoms with Crippen molar-refractivity contribution < 1.29 is 17.7 Å². The van der Waals surface area contributed by atoms with Crippen molar-refractivity contribution in [2.24, 2.45) is 5.92 Å². The first-order valence-corrected chi connectivity index (χ1v) is 6.90. The van der Waals surface area contributed by atoms with Crippen LogP contribution in [0.25, 0.3) is 10.8 Å². The predicted molar refractivity (Wildman–Crippen MR) is 75.5 cm³/mol. The second kappa shape index (κ2) is 5.04. The average molecular weight is 279 g/mol. The van der Waals surface area contributed by atoms with Crippen LogP contribution in [-0.4, -0.2) is 13.6 Å². The van der Waals surface area contributed by atoms with Crippen molar-refractivity contribution in [3.8, 4) is 5.75 Å². The highest BCUT2D eigenvalue weighted by Gasteiger charge is 2.31. The summed E-state index contributed by atoms with van der Waals surface area (Å²) in [6.07, 6.45) is 3.27. The first-order chi connectivity index (χ1) is 9.55. The molecule has 1 aliphatic carbocycles. The third-order valence-corrected chi connectivity index (χ3v) is 3.96. The summed E-state index contributed by atoms with van der Waals surface area (Å²) in [6, 6.07) is 9.71. The molecule has 1 fully saturated rings. The molecule has 0 heterocycles. The van der Waals surface area contributed by atoms with E-state index in [4.69, 9.17) is 4.74 Å². The van der Waals surface area contributed by atoms with Crippen LogP contribution in [-0.2, 0) is 0 Å². The summed E-state index contributed by atoms with van der Waals surface area (Å²) >= 11 is 0. The van der Waals surface area contributed by atoms with E-state index in [1.807, 2.05) is 0 Å². The molecule has 0 N–H and O–H groups in total. The van der Waals surface area contributed by atoms with Crippen LogP contribution in [0.15, 0.2) is 36.4 Å². The molecule has 0 atom stereocenters. The van der Waals surface area contributed by atoms with Crippen LogP contribution in [0.4, 0.5) is 12.9 Å². The fraction of sp³-hybridized carbons (Fsp3) is 0.333. The molecule has 1 aliphatic rings.